The van der Waals surface area contributed by atoms with Crippen molar-refractivity contribution in [3.05, 3.63) is 58.4 Å². The van der Waals surface area contributed by atoms with E-state index in [1.165, 1.54) is 6.21 Å². The number of halogens is 2. The molecule has 0 bridgehead atoms. The molecule has 0 saturated carbocycles. The van der Waals surface area contributed by atoms with Gasteiger partial charge in [0.2, 0.25) is 0 Å². The van der Waals surface area contributed by atoms with E-state index in [1.807, 2.05) is 6.07 Å². The van der Waals surface area contributed by atoms with E-state index >= 15 is 0 Å². The highest BCUT2D eigenvalue weighted by molar-refractivity contribution is 6.30. The predicted octanol–water partition coefficient (Wildman–Crippen LogP) is 5.12. The number of rotatable bonds is 6. The predicted molar refractivity (Wildman–Crippen MR) is 119 cm³/mol. The van der Waals surface area contributed by atoms with E-state index in [4.69, 9.17) is 16.3 Å². The first-order chi connectivity index (χ1) is 14.2. The minimum atomic E-state index is -0.438. The molecular formula is C23H27ClFN3O2. The molecule has 0 spiro atoms. The molecule has 160 valence electrons. The molecule has 7 heteroatoms. The van der Waals surface area contributed by atoms with Crippen molar-refractivity contribution in [3.63, 3.8) is 0 Å². The smallest absolute Gasteiger partial charge is 0.277 e. The fourth-order valence-electron chi connectivity index (χ4n) is 4.10. The third-order valence-electron chi connectivity index (χ3n) is 5.40. The third-order valence-corrected chi connectivity index (χ3v) is 5.65. The zero-order valence-corrected chi connectivity index (χ0v) is 18.5. The Morgan fingerprint density at radius 1 is 1.37 bits per heavy atom. The van der Waals surface area contributed by atoms with Gasteiger partial charge < -0.3 is 9.64 Å². The van der Waals surface area contributed by atoms with Crippen LogP contribution in [0.1, 0.15) is 51.2 Å². The van der Waals surface area contributed by atoms with E-state index in [1.54, 1.807) is 30.3 Å². The summed E-state index contributed by atoms with van der Waals surface area (Å²) in [5.74, 6) is 0.0175. The van der Waals surface area contributed by atoms with Crippen molar-refractivity contribution in [1.29, 1.82) is 0 Å². The molecule has 1 N–H and O–H groups in total. The van der Waals surface area contributed by atoms with Gasteiger partial charge >= 0.3 is 0 Å². The molecule has 0 radical (unpaired) electrons. The first kappa shape index (κ1) is 22.1. The number of ether oxygens (including phenoxy) is 1. The molecule has 1 aliphatic rings. The zero-order chi connectivity index (χ0) is 21.9. The second-order valence-electron chi connectivity index (χ2n) is 8.13. The summed E-state index contributed by atoms with van der Waals surface area (Å²) in [5.41, 5.74) is 4.70. The van der Waals surface area contributed by atoms with Crippen LogP contribution in [0.3, 0.4) is 0 Å². The van der Waals surface area contributed by atoms with Crippen molar-refractivity contribution in [1.82, 2.24) is 5.43 Å². The third kappa shape index (κ3) is 4.93. The van der Waals surface area contributed by atoms with Crippen LogP contribution >= 0.6 is 11.6 Å². The van der Waals surface area contributed by atoms with Gasteiger partial charge in [-0.1, -0.05) is 18.5 Å². The first-order valence-corrected chi connectivity index (χ1v) is 10.4. The minimum absolute atomic E-state index is 0.0265. The maximum absolute atomic E-state index is 14.7. The number of hydrogen-bond acceptors (Lipinski definition) is 4. The highest BCUT2D eigenvalue weighted by Gasteiger charge is 2.36. The first-order valence-electron chi connectivity index (χ1n) is 10.0. The normalized spacial score (nSPS) is 17.7. The average Bonchev–Trinajstić information content (AvgIpc) is 2.68. The van der Waals surface area contributed by atoms with Gasteiger partial charge in [-0.25, -0.2) is 9.82 Å². The second kappa shape index (κ2) is 9.04. The van der Waals surface area contributed by atoms with Gasteiger partial charge in [-0.15, -0.1) is 0 Å². The van der Waals surface area contributed by atoms with Gasteiger partial charge in [0.15, 0.2) is 6.61 Å². The van der Waals surface area contributed by atoms with Crippen molar-refractivity contribution in [2.75, 3.05) is 18.1 Å². The maximum Gasteiger partial charge on any atom is 0.277 e. The molecule has 0 saturated heterocycles. The van der Waals surface area contributed by atoms with E-state index in [0.29, 0.717) is 22.3 Å². The lowest BCUT2D eigenvalue weighted by molar-refractivity contribution is -0.123. The van der Waals surface area contributed by atoms with E-state index in [0.717, 1.165) is 24.2 Å². The van der Waals surface area contributed by atoms with Gasteiger partial charge in [0.05, 0.1) is 6.21 Å². The van der Waals surface area contributed by atoms with Crippen LogP contribution in [-0.4, -0.2) is 30.8 Å². The number of nitrogens with one attached hydrogen (secondary N) is 1. The number of nitrogens with zero attached hydrogens (tertiary/aromatic N) is 2. The summed E-state index contributed by atoms with van der Waals surface area (Å²) in [5, 5.41) is 4.48. The molecule has 30 heavy (non-hydrogen) atoms. The Labute approximate surface area is 181 Å². The van der Waals surface area contributed by atoms with E-state index in [-0.39, 0.29) is 18.0 Å². The minimum Gasteiger partial charge on any atom is -0.484 e. The van der Waals surface area contributed by atoms with Crippen LogP contribution in [0, 0.1) is 5.82 Å². The van der Waals surface area contributed by atoms with E-state index in [9.17, 15) is 9.18 Å². The number of carbonyl (C=O) groups is 1. The molecule has 1 unspecified atom stereocenters. The summed E-state index contributed by atoms with van der Waals surface area (Å²) < 4.78 is 20.1. The monoisotopic (exact) mass is 431 g/mol. The molecule has 1 heterocycles. The quantitative estimate of drug-likeness (QED) is 0.510. The highest BCUT2D eigenvalue weighted by Crippen LogP contribution is 2.43. The van der Waals surface area contributed by atoms with E-state index < -0.39 is 5.91 Å². The lowest BCUT2D eigenvalue weighted by Gasteiger charge is -2.47. The maximum atomic E-state index is 14.7. The topological polar surface area (TPSA) is 53.9 Å². The number of amides is 1. The fourth-order valence-corrected chi connectivity index (χ4v) is 4.23. The van der Waals surface area contributed by atoms with Crippen LogP contribution in [0.5, 0.6) is 5.75 Å². The van der Waals surface area contributed by atoms with Gasteiger partial charge in [0, 0.05) is 28.4 Å². The van der Waals surface area contributed by atoms with Gasteiger partial charge in [-0.3, -0.25) is 4.79 Å². The Balaban J connectivity index is 1.66. The van der Waals surface area contributed by atoms with Crippen molar-refractivity contribution >= 4 is 29.4 Å². The van der Waals surface area contributed by atoms with Gasteiger partial charge in [0.1, 0.15) is 11.6 Å². The van der Waals surface area contributed by atoms with Crippen LogP contribution < -0.4 is 15.1 Å². The van der Waals surface area contributed by atoms with Crippen LogP contribution in [0.25, 0.3) is 0 Å². The SMILES string of the molecule is CCN1c2cc(F)c(/C=N\NC(=O)COc3ccc(Cl)cc3)cc2C(C)CC1(C)C. The summed E-state index contributed by atoms with van der Waals surface area (Å²) in [6.45, 7) is 9.21. The van der Waals surface area contributed by atoms with Crippen LogP contribution in [0.2, 0.25) is 5.02 Å². The van der Waals surface area contributed by atoms with Crippen LogP contribution in [0.4, 0.5) is 10.1 Å². The number of fused-ring (bicyclic) bond motifs is 1. The average molecular weight is 432 g/mol. The largest absolute Gasteiger partial charge is 0.484 e. The number of carbonyl (C=O) groups excluding carboxylic acids is 1. The molecular weight excluding hydrogens is 405 g/mol. The highest BCUT2D eigenvalue weighted by atomic mass is 35.5. The molecule has 5 nitrogen and oxygen atoms in total. The zero-order valence-electron chi connectivity index (χ0n) is 17.7. The summed E-state index contributed by atoms with van der Waals surface area (Å²) in [4.78, 5) is 14.2. The molecule has 1 atom stereocenters. The van der Waals surface area contributed by atoms with Gasteiger partial charge in [-0.2, -0.15) is 5.10 Å². The molecule has 0 aromatic heterocycles. The van der Waals surface area contributed by atoms with Crippen molar-refractivity contribution in [2.45, 2.75) is 45.6 Å². The summed E-state index contributed by atoms with van der Waals surface area (Å²) >= 11 is 5.81. The number of hydrogen-bond donors (Lipinski definition) is 1. The number of benzene rings is 2. The molecule has 2 aromatic rings. The van der Waals surface area contributed by atoms with Gasteiger partial charge in [-0.05, 0) is 75.1 Å². The van der Waals surface area contributed by atoms with Crippen molar-refractivity contribution < 1.29 is 13.9 Å². The summed E-state index contributed by atoms with van der Waals surface area (Å²) in [6.07, 6.45) is 2.31. The standard InChI is InChI=1S/C23H27ClFN3O2/c1-5-28-21-11-20(25)16(10-19(21)15(2)12-23(28,3)4)13-26-27-22(29)14-30-18-8-6-17(24)7-9-18/h6-11,13,15H,5,12,14H2,1-4H3,(H,27,29)/b26-13-. The summed E-state index contributed by atoms with van der Waals surface area (Å²) in [6, 6.07) is 10.1. The molecule has 1 aliphatic heterocycles. The lowest BCUT2D eigenvalue weighted by atomic mass is 9.79. The fraction of sp³-hybridized carbons (Fsp3) is 0.391. The summed E-state index contributed by atoms with van der Waals surface area (Å²) in [7, 11) is 0. The number of anilines is 1. The Bertz CT molecular complexity index is 944. The van der Waals surface area contributed by atoms with E-state index in [2.05, 4.69) is 43.1 Å². The second-order valence-corrected chi connectivity index (χ2v) is 8.57. The number of hydrazone groups is 1. The molecule has 0 fully saturated rings. The Kier molecular flexibility index (Phi) is 6.66. The Hall–Kier alpha value is -2.60. The van der Waals surface area contributed by atoms with Gasteiger partial charge in [0.25, 0.3) is 5.91 Å². The Morgan fingerprint density at radius 3 is 2.73 bits per heavy atom. The molecule has 0 aliphatic carbocycles. The van der Waals surface area contributed by atoms with Crippen LogP contribution in [0.15, 0.2) is 41.5 Å². The van der Waals surface area contributed by atoms with Crippen molar-refractivity contribution in [3.8, 4) is 5.75 Å². The molecule has 2 aromatic carbocycles. The lowest BCUT2D eigenvalue weighted by Crippen LogP contribution is -2.48. The molecule has 1 amide bonds. The van der Waals surface area contributed by atoms with Crippen LogP contribution in [-0.2, 0) is 4.79 Å². The van der Waals surface area contributed by atoms with Crippen molar-refractivity contribution in [2.24, 2.45) is 5.10 Å². The molecule has 3 rings (SSSR count). The Morgan fingerprint density at radius 2 is 2.07 bits per heavy atom.